The molecule has 1 saturated carbocycles. The molecule has 0 spiro atoms. The highest BCUT2D eigenvalue weighted by Gasteiger charge is 2.28. The Labute approximate surface area is 123 Å². The summed E-state index contributed by atoms with van der Waals surface area (Å²) in [6.07, 6.45) is 4.13. The van der Waals surface area contributed by atoms with Gasteiger partial charge in [0.05, 0.1) is 11.5 Å². The molecule has 1 aliphatic carbocycles. The molecular formula is C15H19FN2OS. The number of amides is 1. The molecule has 1 amide bonds. The van der Waals surface area contributed by atoms with Crippen molar-refractivity contribution >= 4 is 23.1 Å². The summed E-state index contributed by atoms with van der Waals surface area (Å²) in [6.45, 7) is 1.93. The van der Waals surface area contributed by atoms with Gasteiger partial charge in [-0.2, -0.15) is 0 Å². The van der Waals surface area contributed by atoms with Crippen molar-refractivity contribution in [2.75, 3.05) is 6.54 Å². The molecule has 1 fully saturated rings. The number of aryl methyl sites for hydroxylation is 1. The van der Waals surface area contributed by atoms with Crippen molar-refractivity contribution in [1.29, 1.82) is 0 Å². The van der Waals surface area contributed by atoms with Gasteiger partial charge in [-0.05, 0) is 37.5 Å². The third-order valence-electron chi connectivity index (χ3n) is 3.77. The van der Waals surface area contributed by atoms with E-state index in [0.29, 0.717) is 11.1 Å². The number of carbonyl (C=O) groups is 1. The van der Waals surface area contributed by atoms with Crippen molar-refractivity contribution < 1.29 is 9.18 Å². The Morgan fingerprint density at radius 1 is 1.45 bits per heavy atom. The highest BCUT2D eigenvalue weighted by atomic mass is 32.1. The van der Waals surface area contributed by atoms with E-state index in [1.165, 1.54) is 6.07 Å². The second-order valence-electron chi connectivity index (χ2n) is 5.30. The van der Waals surface area contributed by atoms with Crippen LogP contribution in [-0.4, -0.2) is 28.4 Å². The highest BCUT2D eigenvalue weighted by molar-refractivity contribution is 7.80. The number of nitrogens with zero attached hydrogens (tertiary/aromatic N) is 1. The number of hydrogen-bond acceptors (Lipinski definition) is 2. The normalized spacial score (nSPS) is 15.3. The maximum atomic E-state index is 13.6. The van der Waals surface area contributed by atoms with Gasteiger partial charge < -0.3 is 10.6 Å². The molecule has 0 radical (unpaired) electrons. The third kappa shape index (κ3) is 3.33. The van der Waals surface area contributed by atoms with Crippen LogP contribution < -0.4 is 5.73 Å². The van der Waals surface area contributed by atoms with Crippen LogP contribution >= 0.6 is 12.2 Å². The summed E-state index contributed by atoms with van der Waals surface area (Å²) in [7, 11) is 0. The largest absolute Gasteiger partial charge is 0.392 e. The summed E-state index contributed by atoms with van der Waals surface area (Å²) >= 11 is 4.93. The molecule has 0 bridgehead atoms. The highest BCUT2D eigenvalue weighted by Crippen LogP contribution is 2.25. The predicted octanol–water partition coefficient (Wildman–Crippen LogP) is 2.81. The number of carbonyl (C=O) groups excluding carboxylic acids is 1. The van der Waals surface area contributed by atoms with Gasteiger partial charge in [0, 0.05) is 11.6 Å². The lowest BCUT2D eigenvalue weighted by Crippen LogP contribution is -2.43. The quantitative estimate of drug-likeness (QED) is 0.869. The topological polar surface area (TPSA) is 46.3 Å². The standard InChI is InChI=1S/C15H19FN2OS/c1-10-6-7-11(8-13(10)16)15(19)18(9-14(17)20)12-4-2-3-5-12/h6-8,12H,2-5,9H2,1H3,(H2,17,20). The van der Waals surface area contributed by atoms with Gasteiger partial charge >= 0.3 is 0 Å². The van der Waals surface area contributed by atoms with Crippen LogP contribution in [-0.2, 0) is 0 Å². The van der Waals surface area contributed by atoms with E-state index >= 15 is 0 Å². The van der Waals surface area contributed by atoms with E-state index in [1.54, 1.807) is 24.0 Å². The molecule has 3 nitrogen and oxygen atoms in total. The lowest BCUT2D eigenvalue weighted by atomic mass is 10.1. The van der Waals surface area contributed by atoms with Gasteiger partial charge in [-0.3, -0.25) is 4.79 Å². The van der Waals surface area contributed by atoms with Crippen molar-refractivity contribution in [1.82, 2.24) is 4.90 Å². The zero-order valence-corrected chi connectivity index (χ0v) is 12.4. The second kappa shape index (κ2) is 6.31. The molecular weight excluding hydrogens is 275 g/mol. The van der Waals surface area contributed by atoms with Crippen molar-refractivity contribution in [3.63, 3.8) is 0 Å². The van der Waals surface area contributed by atoms with Gasteiger partial charge in [-0.15, -0.1) is 0 Å². The average molecular weight is 294 g/mol. The Hall–Kier alpha value is -1.49. The summed E-state index contributed by atoms with van der Waals surface area (Å²) in [5, 5.41) is 0. The van der Waals surface area contributed by atoms with Gasteiger partial charge in [0.1, 0.15) is 5.82 Å². The van der Waals surface area contributed by atoms with Crippen LogP contribution in [0.2, 0.25) is 0 Å². The number of rotatable bonds is 4. The Morgan fingerprint density at radius 2 is 2.10 bits per heavy atom. The molecule has 0 saturated heterocycles. The van der Waals surface area contributed by atoms with Crippen molar-refractivity contribution in [2.24, 2.45) is 5.73 Å². The first-order chi connectivity index (χ1) is 9.49. The number of benzene rings is 1. The first kappa shape index (κ1) is 14.9. The fourth-order valence-corrected chi connectivity index (χ4v) is 2.78. The van der Waals surface area contributed by atoms with E-state index in [2.05, 4.69) is 0 Å². The van der Waals surface area contributed by atoms with Crippen LogP contribution in [0.15, 0.2) is 18.2 Å². The smallest absolute Gasteiger partial charge is 0.254 e. The second-order valence-corrected chi connectivity index (χ2v) is 5.83. The number of halogens is 1. The lowest BCUT2D eigenvalue weighted by molar-refractivity contribution is 0.0714. The minimum absolute atomic E-state index is 0.161. The fraction of sp³-hybridized carbons (Fsp3) is 0.467. The number of nitrogens with two attached hydrogens (primary N) is 1. The number of hydrogen-bond donors (Lipinski definition) is 1. The van der Waals surface area contributed by atoms with Crippen LogP contribution in [0.1, 0.15) is 41.6 Å². The number of thiocarbonyl (C=S) groups is 1. The molecule has 1 aromatic rings. The monoisotopic (exact) mass is 294 g/mol. The summed E-state index contributed by atoms with van der Waals surface area (Å²) in [5.74, 6) is -0.554. The lowest BCUT2D eigenvalue weighted by Gasteiger charge is -2.28. The zero-order chi connectivity index (χ0) is 14.7. The summed E-state index contributed by atoms with van der Waals surface area (Å²) in [5.41, 5.74) is 6.48. The molecule has 108 valence electrons. The summed E-state index contributed by atoms with van der Waals surface area (Å²) in [6, 6.07) is 4.73. The van der Waals surface area contributed by atoms with Crippen LogP contribution in [0, 0.1) is 12.7 Å². The van der Waals surface area contributed by atoms with Gasteiger partial charge in [-0.25, -0.2) is 4.39 Å². The zero-order valence-electron chi connectivity index (χ0n) is 11.6. The van der Waals surface area contributed by atoms with Crippen LogP contribution in [0.4, 0.5) is 4.39 Å². The Balaban J connectivity index is 2.24. The van der Waals surface area contributed by atoms with E-state index in [1.807, 2.05) is 0 Å². The average Bonchev–Trinajstić information content (AvgIpc) is 2.92. The van der Waals surface area contributed by atoms with Crippen LogP contribution in [0.5, 0.6) is 0 Å². The molecule has 0 heterocycles. The minimum Gasteiger partial charge on any atom is -0.392 e. The first-order valence-electron chi connectivity index (χ1n) is 6.84. The molecule has 0 aliphatic heterocycles. The Bertz CT molecular complexity index is 527. The van der Waals surface area contributed by atoms with E-state index in [0.717, 1.165) is 25.7 Å². The van der Waals surface area contributed by atoms with Crippen LogP contribution in [0.3, 0.4) is 0 Å². The molecule has 0 atom stereocenters. The molecule has 0 aromatic heterocycles. The molecule has 20 heavy (non-hydrogen) atoms. The molecule has 1 aliphatic rings. The van der Waals surface area contributed by atoms with E-state index < -0.39 is 0 Å². The molecule has 2 rings (SSSR count). The third-order valence-corrected chi connectivity index (χ3v) is 3.90. The van der Waals surface area contributed by atoms with Crippen molar-refractivity contribution in [2.45, 2.75) is 38.6 Å². The SMILES string of the molecule is Cc1ccc(C(=O)N(CC(N)=S)C2CCCC2)cc1F. The maximum absolute atomic E-state index is 13.6. The van der Waals surface area contributed by atoms with E-state index in [-0.39, 0.29) is 29.3 Å². The Morgan fingerprint density at radius 3 is 2.65 bits per heavy atom. The molecule has 0 unspecified atom stereocenters. The van der Waals surface area contributed by atoms with Crippen molar-refractivity contribution in [3.8, 4) is 0 Å². The van der Waals surface area contributed by atoms with Gasteiger partial charge in [-0.1, -0.05) is 31.1 Å². The first-order valence-corrected chi connectivity index (χ1v) is 7.25. The Kier molecular flexibility index (Phi) is 4.70. The molecule has 5 heteroatoms. The van der Waals surface area contributed by atoms with Crippen molar-refractivity contribution in [3.05, 3.63) is 35.1 Å². The molecule has 1 aromatic carbocycles. The van der Waals surface area contributed by atoms with Gasteiger partial charge in [0.25, 0.3) is 5.91 Å². The minimum atomic E-state index is -0.363. The maximum Gasteiger partial charge on any atom is 0.254 e. The summed E-state index contributed by atoms with van der Waals surface area (Å²) < 4.78 is 13.6. The van der Waals surface area contributed by atoms with Gasteiger partial charge in [0.2, 0.25) is 0 Å². The summed E-state index contributed by atoms with van der Waals surface area (Å²) in [4.78, 5) is 14.6. The van der Waals surface area contributed by atoms with Crippen LogP contribution in [0.25, 0.3) is 0 Å². The van der Waals surface area contributed by atoms with E-state index in [9.17, 15) is 9.18 Å². The van der Waals surface area contributed by atoms with E-state index in [4.69, 9.17) is 18.0 Å². The molecule has 2 N–H and O–H groups in total. The predicted molar refractivity (Wildman–Crippen MR) is 81.2 cm³/mol. The van der Waals surface area contributed by atoms with Gasteiger partial charge in [0.15, 0.2) is 0 Å². The fourth-order valence-electron chi connectivity index (χ4n) is 2.64.